The lowest BCUT2D eigenvalue weighted by atomic mass is 9.91. The number of anilines is 2. The van der Waals surface area contributed by atoms with Crippen molar-refractivity contribution in [3.63, 3.8) is 0 Å². The number of benzene rings is 1. The minimum Gasteiger partial charge on any atom is -0.495 e. The predicted molar refractivity (Wildman–Crippen MR) is 124 cm³/mol. The lowest BCUT2D eigenvalue weighted by molar-refractivity contribution is -0.114. The van der Waals surface area contributed by atoms with Crippen LogP contribution in [0.25, 0.3) is 11.3 Å². The molecule has 1 saturated carbocycles. The number of rotatable bonds is 5. The van der Waals surface area contributed by atoms with Crippen LogP contribution in [0, 0.1) is 0 Å². The molecule has 2 heterocycles. The molecular weight excluding hydrogens is 425 g/mol. The van der Waals surface area contributed by atoms with E-state index in [1.54, 1.807) is 7.11 Å². The third-order valence-electron chi connectivity index (χ3n) is 5.69. The molecule has 1 aliphatic carbocycles. The number of hydrogen-bond acceptors (Lipinski definition) is 6. The number of nitrogens with one attached hydrogen (secondary N) is 1. The summed E-state index contributed by atoms with van der Waals surface area (Å²) in [5, 5.41) is 11.6. The van der Waals surface area contributed by atoms with Crippen LogP contribution in [0.2, 0.25) is 0 Å². The van der Waals surface area contributed by atoms with Crippen LogP contribution in [0.15, 0.2) is 30.3 Å². The number of nitrogens with zero attached hydrogens (tertiary/aromatic N) is 4. The molecule has 1 aliphatic heterocycles. The highest BCUT2D eigenvalue weighted by atomic mass is 35.5. The maximum Gasteiger partial charge on any atom is 0.221 e. The van der Waals surface area contributed by atoms with E-state index in [9.17, 15) is 4.79 Å². The smallest absolute Gasteiger partial charge is 0.221 e. The third kappa shape index (κ3) is 5.33. The Balaban J connectivity index is 0.00000160. The monoisotopic (exact) mass is 453 g/mol. The highest BCUT2D eigenvalue weighted by Gasteiger charge is 2.28. The first kappa shape index (κ1) is 24.2. The van der Waals surface area contributed by atoms with E-state index in [1.165, 1.54) is 26.2 Å². The molecule has 164 valence electrons. The maximum atomic E-state index is 11.3. The van der Waals surface area contributed by atoms with Gasteiger partial charge in [0.25, 0.3) is 0 Å². The summed E-state index contributed by atoms with van der Waals surface area (Å²) in [7, 11) is 1.59. The highest BCUT2D eigenvalue weighted by molar-refractivity contribution is 5.91. The molecule has 1 amide bonds. The number of ether oxygens (including phenoxy) is 1. The summed E-state index contributed by atoms with van der Waals surface area (Å²) in [6.45, 7) is 5.70. The zero-order chi connectivity index (χ0) is 19.5. The third-order valence-corrected chi connectivity index (χ3v) is 5.69. The van der Waals surface area contributed by atoms with Gasteiger partial charge in [-0.05, 0) is 37.1 Å². The molecule has 0 atom stereocenters. The number of methoxy groups -OCH3 is 1. The number of piperazine rings is 1. The second-order valence-corrected chi connectivity index (χ2v) is 7.48. The Bertz CT molecular complexity index is 838. The van der Waals surface area contributed by atoms with E-state index < -0.39 is 0 Å². The lowest BCUT2D eigenvalue weighted by Gasteiger charge is -2.43. The van der Waals surface area contributed by atoms with Gasteiger partial charge in [0.15, 0.2) is 5.82 Å². The molecule has 1 aromatic heterocycles. The first-order valence-electron chi connectivity index (χ1n) is 9.93. The molecule has 2 fully saturated rings. The van der Waals surface area contributed by atoms with Gasteiger partial charge >= 0.3 is 0 Å². The second kappa shape index (κ2) is 10.8. The standard InChI is InChI=1S/C21H27N5O2.2ClH/c1-15(27)22-19-7-6-16(14-20(19)28-2)18-8-9-21(24-23-18)26-12-10-25(11-13-26)17-4-3-5-17;;/h6-9,14,17H,3-5,10-13H2,1-2H3,(H,22,27);2*1H. The van der Waals surface area contributed by atoms with E-state index in [4.69, 9.17) is 4.74 Å². The van der Waals surface area contributed by atoms with E-state index in [0.29, 0.717) is 11.4 Å². The summed E-state index contributed by atoms with van der Waals surface area (Å²) in [5.74, 6) is 1.40. The Labute approximate surface area is 190 Å². The fourth-order valence-electron chi connectivity index (χ4n) is 3.86. The van der Waals surface area contributed by atoms with Crippen molar-refractivity contribution in [2.75, 3.05) is 43.5 Å². The lowest BCUT2D eigenvalue weighted by Crippen LogP contribution is -2.52. The summed E-state index contributed by atoms with van der Waals surface area (Å²) in [5.41, 5.74) is 2.33. The van der Waals surface area contributed by atoms with Crippen molar-refractivity contribution in [1.29, 1.82) is 0 Å². The quantitative estimate of drug-likeness (QED) is 0.744. The fraction of sp³-hybridized carbons (Fsp3) is 0.476. The van der Waals surface area contributed by atoms with Crippen LogP contribution in [0.3, 0.4) is 0 Å². The van der Waals surface area contributed by atoms with Crippen molar-refractivity contribution in [1.82, 2.24) is 15.1 Å². The van der Waals surface area contributed by atoms with E-state index >= 15 is 0 Å². The number of carbonyl (C=O) groups excluding carboxylic acids is 1. The Morgan fingerprint density at radius 3 is 2.33 bits per heavy atom. The molecule has 0 unspecified atom stereocenters. The Morgan fingerprint density at radius 1 is 1.07 bits per heavy atom. The van der Waals surface area contributed by atoms with Gasteiger partial charge in [-0.25, -0.2) is 0 Å². The summed E-state index contributed by atoms with van der Waals surface area (Å²) >= 11 is 0. The van der Waals surface area contributed by atoms with Gasteiger partial charge in [0.1, 0.15) is 5.75 Å². The topological polar surface area (TPSA) is 70.6 Å². The van der Waals surface area contributed by atoms with Gasteiger partial charge < -0.3 is 15.0 Å². The van der Waals surface area contributed by atoms with Crippen LogP contribution in [0.4, 0.5) is 11.5 Å². The zero-order valence-corrected chi connectivity index (χ0v) is 19.0. The summed E-state index contributed by atoms with van der Waals surface area (Å²) in [6.07, 6.45) is 4.10. The summed E-state index contributed by atoms with van der Waals surface area (Å²) in [4.78, 5) is 16.2. The van der Waals surface area contributed by atoms with Gasteiger partial charge in [-0.2, -0.15) is 0 Å². The van der Waals surface area contributed by atoms with E-state index in [0.717, 1.165) is 49.3 Å². The first-order chi connectivity index (χ1) is 13.6. The van der Waals surface area contributed by atoms with Crippen molar-refractivity contribution in [3.8, 4) is 17.0 Å². The number of aromatic nitrogens is 2. The van der Waals surface area contributed by atoms with Crippen molar-refractivity contribution >= 4 is 42.2 Å². The van der Waals surface area contributed by atoms with Gasteiger partial charge in [-0.1, -0.05) is 12.5 Å². The summed E-state index contributed by atoms with van der Waals surface area (Å²) < 4.78 is 5.39. The molecule has 0 spiro atoms. The van der Waals surface area contributed by atoms with Crippen LogP contribution in [0.5, 0.6) is 5.75 Å². The van der Waals surface area contributed by atoms with E-state index in [-0.39, 0.29) is 30.7 Å². The van der Waals surface area contributed by atoms with Gasteiger partial charge in [0.2, 0.25) is 5.91 Å². The molecule has 1 N–H and O–H groups in total. The minimum absolute atomic E-state index is 0. The van der Waals surface area contributed by atoms with Crippen molar-refractivity contribution in [2.24, 2.45) is 0 Å². The van der Waals surface area contributed by atoms with Crippen LogP contribution < -0.4 is 15.0 Å². The number of carbonyl (C=O) groups is 1. The molecule has 0 bridgehead atoms. The van der Waals surface area contributed by atoms with Gasteiger partial charge in [0.05, 0.1) is 18.5 Å². The van der Waals surface area contributed by atoms with Gasteiger partial charge in [-0.3, -0.25) is 9.69 Å². The number of amides is 1. The zero-order valence-electron chi connectivity index (χ0n) is 17.3. The fourth-order valence-corrected chi connectivity index (χ4v) is 3.86. The molecule has 0 radical (unpaired) electrons. The van der Waals surface area contributed by atoms with Crippen LogP contribution in [-0.4, -0.2) is 60.3 Å². The van der Waals surface area contributed by atoms with Crippen molar-refractivity contribution in [2.45, 2.75) is 32.2 Å². The molecule has 1 saturated heterocycles. The van der Waals surface area contributed by atoms with Crippen LogP contribution in [-0.2, 0) is 4.79 Å². The first-order valence-corrected chi connectivity index (χ1v) is 9.93. The highest BCUT2D eigenvalue weighted by Crippen LogP contribution is 2.30. The van der Waals surface area contributed by atoms with Crippen molar-refractivity contribution in [3.05, 3.63) is 30.3 Å². The molecule has 9 heteroatoms. The second-order valence-electron chi connectivity index (χ2n) is 7.48. The molecule has 2 aliphatic rings. The number of hydrogen-bond donors (Lipinski definition) is 1. The average molecular weight is 454 g/mol. The Morgan fingerprint density at radius 2 is 1.80 bits per heavy atom. The van der Waals surface area contributed by atoms with Crippen molar-refractivity contribution < 1.29 is 9.53 Å². The molecule has 2 aromatic rings. The van der Waals surface area contributed by atoms with Crippen LogP contribution >= 0.6 is 24.8 Å². The molecule has 1 aromatic carbocycles. The van der Waals surface area contributed by atoms with E-state index in [2.05, 4.69) is 25.3 Å². The minimum atomic E-state index is -0.132. The largest absolute Gasteiger partial charge is 0.495 e. The van der Waals surface area contributed by atoms with Gasteiger partial charge in [-0.15, -0.1) is 35.0 Å². The van der Waals surface area contributed by atoms with Gasteiger partial charge in [0, 0.05) is 44.7 Å². The summed E-state index contributed by atoms with van der Waals surface area (Å²) in [6, 6.07) is 10.4. The SMILES string of the molecule is COc1cc(-c2ccc(N3CCN(C4CCC4)CC3)nn2)ccc1NC(C)=O.Cl.Cl. The van der Waals surface area contributed by atoms with Crippen LogP contribution in [0.1, 0.15) is 26.2 Å². The number of halogens is 2. The maximum absolute atomic E-state index is 11.3. The normalized spacial score (nSPS) is 16.7. The molecule has 4 rings (SSSR count). The Kier molecular flexibility index (Phi) is 8.70. The van der Waals surface area contributed by atoms with E-state index in [1.807, 2.05) is 30.3 Å². The average Bonchev–Trinajstić information content (AvgIpc) is 2.67. The molecular formula is C21H29Cl2N5O2. The Hall–Kier alpha value is -2.09. The molecule has 30 heavy (non-hydrogen) atoms. The predicted octanol–water partition coefficient (Wildman–Crippen LogP) is 3.63. The molecule has 7 nitrogen and oxygen atoms in total.